The van der Waals surface area contributed by atoms with Crippen LogP contribution in [0, 0.1) is 0 Å². The van der Waals surface area contributed by atoms with Gasteiger partial charge >= 0.3 is 6.03 Å². The Kier molecular flexibility index (Phi) is 5.83. The van der Waals surface area contributed by atoms with Gasteiger partial charge < -0.3 is 15.4 Å². The van der Waals surface area contributed by atoms with Gasteiger partial charge in [0.05, 0.1) is 6.54 Å². The minimum atomic E-state index is -0.218. The Hall–Kier alpha value is -2.49. The van der Waals surface area contributed by atoms with Gasteiger partial charge in [0.1, 0.15) is 12.4 Å². The van der Waals surface area contributed by atoms with Crippen molar-refractivity contribution in [2.45, 2.75) is 19.8 Å². The van der Waals surface area contributed by atoms with Gasteiger partial charge in [-0.05, 0) is 29.7 Å². The molecule has 0 radical (unpaired) electrons. The van der Waals surface area contributed by atoms with Crippen molar-refractivity contribution in [3.63, 3.8) is 0 Å². The predicted molar refractivity (Wildman–Crippen MR) is 89.5 cm³/mol. The van der Waals surface area contributed by atoms with E-state index in [2.05, 4.69) is 24.5 Å². The standard InChI is InChI=1S/C18H22N2O2/c1-14(2)16-10-6-7-11-17(16)20-18(21)19-12-13-22-15-8-4-3-5-9-15/h3-11,14H,12-13H2,1-2H3,(H2,19,20,21). The number of rotatable bonds is 6. The Balaban J connectivity index is 1.77. The quantitative estimate of drug-likeness (QED) is 0.792. The lowest BCUT2D eigenvalue weighted by Crippen LogP contribution is -2.32. The molecular weight excluding hydrogens is 276 g/mol. The SMILES string of the molecule is CC(C)c1ccccc1NC(=O)NCCOc1ccccc1. The number of ether oxygens (including phenoxy) is 1. The summed E-state index contributed by atoms with van der Waals surface area (Å²) in [6.07, 6.45) is 0. The summed E-state index contributed by atoms with van der Waals surface area (Å²) in [6, 6.07) is 17.2. The van der Waals surface area contributed by atoms with E-state index in [1.165, 1.54) is 0 Å². The zero-order valence-electron chi connectivity index (χ0n) is 13.0. The molecule has 2 N–H and O–H groups in total. The fraction of sp³-hybridized carbons (Fsp3) is 0.278. The molecule has 0 fully saturated rings. The molecule has 0 atom stereocenters. The maximum atomic E-state index is 11.9. The van der Waals surface area contributed by atoms with Gasteiger partial charge in [-0.1, -0.05) is 50.2 Å². The van der Waals surface area contributed by atoms with Gasteiger partial charge in [-0.25, -0.2) is 4.79 Å². The van der Waals surface area contributed by atoms with E-state index >= 15 is 0 Å². The average molecular weight is 298 g/mol. The number of urea groups is 1. The van der Waals surface area contributed by atoms with E-state index in [0.717, 1.165) is 17.0 Å². The third kappa shape index (κ3) is 4.81. The first-order valence-electron chi connectivity index (χ1n) is 7.48. The van der Waals surface area contributed by atoms with Crippen molar-refractivity contribution in [3.8, 4) is 5.75 Å². The zero-order chi connectivity index (χ0) is 15.8. The second-order valence-electron chi connectivity index (χ2n) is 5.28. The lowest BCUT2D eigenvalue weighted by Gasteiger charge is -2.14. The molecule has 0 saturated carbocycles. The maximum absolute atomic E-state index is 11.9. The Labute approximate surface area is 131 Å². The maximum Gasteiger partial charge on any atom is 0.319 e. The molecule has 116 valence electrons. The van der Waals surface area contributed by atoms with E-state index in [9.17, 15) is 4.79 Å². The summed E-state index contributed by atoms with van der Waals surface area (Å²) >= 11 is 0. The second kappa shape index (κ2) is 8.08. The highest BCUT2D eigenvalue weighted by Gasteiger charge is 2.08. The summed E-state index contributed by atoms with van der Waals surface area (Å²) in [7, 11) is 0. The predicted octanol–water partition coefficient (Wildman–Crippen LogP) is 4.01. The molecule has 0 aliphatic rings. The van der Waals surface area contributed by atoms with Gasteiger partial charge in [-0.15, -0.1) is 0 Å². The lowest BCUT2D eigenvalue weighted by atomic mass is 10.0. The lowest BCUT2D eigenvalue weighted by molar-refractivity contribution is 0.247. The molecule has 0 aliphatic heterocycles. The number of carbonyl (C=O) groups excluding carboxylic acids is 1. The first-order chi connectivity index (χ1) is 10.7. The van der Waals surface area contributed by atoms with Crippen LogP contribution in [0.5, 0.6) is 5.75 Å². The fourth-order valence-corrected chi connectivity index (χ4v) is 2.13. The Morgan fingerprint density at radius 3 is 2.45 bits per heavy atom. The van der Waals surface area contributed by atoms with E-state index in [-0.39, 0.29) is 6.03 Å². The van der Waals surface area contributed by atoms with Gasteiger partial charge in [-0.3, -0.25) is 0 Å². The second-order valence-corrected chi connectivity index (χ2v) is 5.28. The molecule has 22 heavy (non-hydrogen) atoms. The topological polar surface area (TPSA) is 50.4 Å². The molecule has 2 rings (SSSR count). The Morgan fingerprint density at radius 1 is 1.05 bits per heavy atom. The summed E-state index contributed by atoms with van der Waals surface area (Å²) < 4.78 is 5.53. The number of hydrogen-bond acceptors (Lipinski definition) is 2. The summed E-state index contributed by atoms with van der Waals surface area (Å²) in [6.45, 7) is 5.09. The summed E-state index contributed by atoms with van der Waals surface area (Å²) in [5, 5.41) is 5.68. The van der Waals surface area contributed by atoms with Gasteiger partial charge in [-0.2, -0.15) is 0 Å². The van der Waals surface area contributed by atoms with Gasteiger partial charge in [0.15, 0.2) is 0 Å². The molecule has 0 heterocycles. The Bertz CT molecular complexity index is 597. The van der Waals surface area contributed by atoms with Gasteiger partial charge in [0.25, 0.3) is 0 Å². The zero-order valence-corrected chi connectivity index (χ0v) is 13.0. The van der Waals surface area contributed by atoms with E-state index in [1.807, 2.05) is 54.6 Å². The number of para-hydroxylation sites is 2. The van der Waals surface area contributed by atoms with Crippen molar-refractivity contribution >= 4 is 11.7 Å². The number of amides is 2. The van der Waals surface area contributed by atoms with Crippen LogP contribution in [0.3, 0.4) is 0 Å². The highest BCUT2D eigenvalue weighted by Crippen LogP contribution is 2.23. The molecule has 0 spiro atoms. The number of anilines is 1. The summed E-state index contributed by atoms with van der Waals surface area (Å²) in [5.74, 6) is 1.16. The van der Waals surface area contributed by atoms with Crippen LogP contribution in [0.1, 0.15) is 25.3 Å². The van der Waals surface area contributed by atoms with E-state index < -0.39 is 0 Å². The van der Waals surface area contributed by atoms with Crippen molar-refractivity contribution in [1.29, 1.82) is 0 Å². The van der Waals surface area contributed by atoms with Crippen molar-refractivity contribution in [2.75, 3.05) is 18.5 Å². The van der Waals surface area contributed by atoms with E-state index in [1.54, 1.807) is 0 Å². The number of nitrogens with one attached hydrogen (secondary N) is 2. The number of hydrogen-bond donors (Lipinski definition) is 2. The number of carbonyl (C=O) groups is 1. The highest BCUT2D eigenvalue weighted by molar-refractivity contribution is 5.90. The first-order valence-corrected chi connectivity index (χ1v) is 7.48. The summed E-state index contributed by atoms with van der Waals surface area (Å²) in [4.78, 5) is 11.9. The molecule has 0 saturated heterocycles. The smallest absolute Gasteiger partial charge is 0.319 e. The van der Waals surface area contributed by atoms with Crippen LogP contribution in [0.25, 0.3) is 0 Å². The van der Waals surface area contributed by atoms with Crippen LogP contribution in [-0.2, 0) is 0 Å². The molecule has 4 heteroatoms. The molecule has 0 unspecified atom stereocenters. The molecule has 4 nitrogen and oxygen atoms in total. The van der Waals surface area contributed by atoms with E-state index in [4.69, 9.17) is 4.74 Å². The average Bonchev–Trinajstić information content (AvgIpc) is 2.53. The molecule has 0 bridgehead atoms. The summed E-state index contributed by atoms with van der Waals surface area (Å²) in [5.41, 5.74) is 1.97. The molecule has 0 aromatic heterocycles. The Morgan fingerprint density at radius 2 is 1.73 bits per heavy atom. The van der Waals surface area contributed by atoms with Crippen molar-refractivity contribution in [3.05, 3.63) is 60.2 Å². The van der Waals surface area contributed by atoms with Crippen molar-refractivity contribution in [1.82, 2.24) is 5.32 Å². The fourth-order valence-electron chi connectivity index (χ4n) is 2.13. The third-order valence-electron chi connectivity index (χ3n) is 3.23. The molecular formula is C18H22N2O2. The minimum Gasteiger partial charge on any atom is -0.492 e. The van der Waals surface area contributed by atoms with Crippen molar-refractivity contribution < 1.29 is 9.53 Å². The monoisotopic (exact) mass is 298 g/mol. The van der Waals surface area contributed by atoms with Gasteiger partial charge in [0, 0.05) is 5.69 Å². The van der Waals surface area contributed by atoms with Crippen LogP contribution in [0.4, 0.5) is 10.5 Å². The molecule has 2 aromatic carbocycles. The highest BCUT2D eigenvalue weighted by atomic mass is 16.5. The van der Waals surface area contributed by atoms with Crippen LogP contribution in [0.15, 0.2) is 54.6 Å². The van der Waals surface area contributed by atoms with Crippen LogP contribution in [0.2, 0.25) is 0 Å². The van der Waals surface area contributed by atoms with Crippen LogP contribution >= 0.6 is 0 Å². The van der Waals surface area contributed by atoms with Crippen LogP contribution in [-0.4, -0.2) is 19.2 Å². The molecule has 0 aliphatic carbocycles. The molecule has 2 amide bonds. The van der Waals surface area contributed by atoms with E-state index in [0.29, 0.717) is 19.1 Å². The van der Waals surface area contributed by atoms with Crippen molar-refractivity contribution in [2.24, 2.45) is 0 Å². The molecule has 2 aromatic rings. The normalized spacial score (nSPS) is 10.3. The third-order valence-corrected chi connectivity index (χ3v) is 3.23. The first kappa shape index (κ1) is 15.9. The number of benzene rings is 2. The van der Waals surface area contributed by atoms with Crippen LogP contribution < -0.4 is 15.4 Å². The van der Waals surface area contributed by atoms with Gasteiger partial charge in [0.2, 0.25) is 0 Å². The largest absolute Gasteiger partial charge is 0.492 e. The minimum absolute atomic E-state index is 0.218.